The minimum absolute atomic E-state index is 0.0352. The first-order chi connectivity index (χ1) is 12.9. The largest absolute Gasteiger partial charge is 0.494 e. The summed E-state index contributed by atoms with van der Waals surface area (Å²) < 4.78 is 6.67. The zero-order chi connectivity index (χ0) is 19.6. The summed E-state index contributed by atoms with van der Waals surface area (Å²) in [6.07, 6.45) is 3.34. The average Bonchev–Trinajstić information content (AvgIpc) is 3.16. The number of rotatable bonds is 5. The summed E-state index contributed by atoms with van der Waals surface area (Å²) in [6, 6.07) is 8.21. The van der Waals surface area contributed by atoms with Crippen molar-refractivity contribution in [2.24, 2.45) is 0 Å². The van der Waals surface area contributed by atoms with E-state index in [1.807, 2.05) is 6.07 Å². The van der Waals surface area contributed by atoms with Gasteiger partial charge in [-0.25, -0.2) is 0 Å². The predicted molar refractivity (Wildman–Crippen MR) is 101 cm³/mol. The molecule has 140 valence electrons. The number of nitrogens with zero attached hydrogens (tertiary/aromatic N) is 2. The van der Waals surface area contributed by atoms with E-state index in [1.165, 1.54) is 11.5 Å². The summed E-state index contributed by atoms with van der Waals surface area (Å²) in [6.45, 7) is 1.16. The van der Waals surface area contributed by atoms with E-state index in [1.54, 1.807) is 24.3 Å². The molecule has 1 aliphatic rings. The Hall–Kier alpha value is -2.78. The van der Waals surface area contributed by atoms with Gasteiger partial charge in [-0.1, -0.05) is 24.4 Å². The summed E-state index contributed by atoms with van der Waals surface area (Å²) in [5.41, 5.74) is -0.518. The molecule has 0 amide bonds. The van der Waals surface area contributed by atoms with Gasteiger partial charge in [0.25, 0.3) is 5.56 Å². The normalized spacial score (nSPS) is 14.1. The summed E-state index contributed by atoms with van der Waals surface area (Å²) in [7, 11) is 0. The number of ketones is 1. The second kappa shape index (κ2) is 7.85. The van der Waals surface area contributed by atoms with Crippen molar-refractivity contribution >= 4 is 17.4 Å². The number of Topliss-reactive ketones (excluding diaryl/α,β-unsaturated/α-hetero) is 1. The number of ether oxygens (including phenoxy) is 1. The Balaban J connectivity index is 1.97. The predicted octanol–water partition coefficient (Wildman–Crippen LogP) is 3.76. The average molecular weight is 387 g/mol. The minimum atomic E-state index is -0.547. The third kappa shape index (κ3) is 3.69. The van der Waals surface area contributed by atoms with Crippen molar-refractivity contribution in [3.05, 3.63) is 56.3 Å². The molecule has 0 bridgehead atoms. The molecule has 1 heterocycles. The van der Waals surface area contributed by atoms with E-state index in [9.17, 15) is 20.0 Å². The Morgan fingerprint density at radius 2 is 1.96 bits per heavy atom. The smallest absolute Gasteiger partial charge is 0.271 e. The van der Waals surface area contributed by atoms with Crippen LogP contribution in [0.25, 0.3) is 0 Å². The van der Waals surface area contributed by atoms with Gasteiger partial charge in [0, 0.05) is 11.1 Å². The van der Waals surface area contributed by atoms with Crippen LogP contribution in [0.1, 0.15) is 53.2 Å². The maximum atomic E-state index is 12.7. The van der Waals surface area contributed by atoms with Crippen LogP contribution >= 0.6 is 11.6 Å². The molecule has 0 aliphatic heterocycles. The quantitative estimate of drug-likeness (QED) is 0.789. The molecule has 1 N–H and O–H groups in total. The molecule has 0 radical (unpaired) electrons. The molecule has 3 rings (SSSR count). The minimum Gasteiger partial charge on any atom is -0.494 e. The number of carbonyl (C=O) groups excluding carboxylic acids is 1. The van der Waals surface area contributed by atoms with Crippen LogP contribution < -0.4 is 10.3 Å². The third-order valence-corrected chi connectivity index (χ3v) is 5.15. The highest BCUT2D eigenvalue weighted by Gasteiger charge is 2.29. The molecule has 6 nitrogen and oxygen atoms in total. The van der Waals surface area contributed by atoms with Gasteiger partial charge in [-0.05, 0) is 49.6 Å². The molecule has 7 heteroatoms. The lowest BCUT2D eigenvalue weighted by atomic mass is 10.0. The monoisotopic (exact) mass is 386 g/mol. The number of hydrogen-bond acceptors (Lipinski definition) is 5. The second-order valence-electron chi connectivity index (χ2n) is 6.59. The number of benzene rings is 1. The molecule has 2 aromatic rings. The Bertz CT molecular complexity index is 967. The van der Waals surface area contributed by atoms with Gasteiger partial charge in [0.2, 0.25) is 11.7 Å². The van der Waals surface area contributed by atoms with Gasteiger partial charge in [-0.2, -0.15) is 5.26 Å². The van der Waals surface area contributed by atoms with Gasteiger partial charge in [-0.15, -0.1) is 0 Å². The van der Waals surface area contributed by atoms with E-state index in [-0.39, 0.29) is 35.2 Å². The highest BCUT2D eigenvalue weighted by Crippen LogP contribution is 2.34. The molecule has 0 spiro atoms. The van der Waals surface area contributed by atoms with E-state index in [0.29, 0.717) is 10.8 Å². The molecule has 1 fully saturated rings. The maximum absolute atomic E-state index is 12.7. The van der Waals surface area contributed by atoms with Crippen LogP contribution in [0.15, 0.2) is 29.1 Å². The highest BCUT2D eigenvalue weighted by atomic mass is 35.5. The zero-order valence-corrected chi connectivity index (χ0v) is 15.6. The Morgan fingerprint density at radius 3 is 2.56 bits per heavy atom. The van der Waals surface area contributed by atoms with Gasteiger partial charge in [0.05, 0.1) is 5.56 Å². The van der Waals surface area contributed by atoms with Gasteiger partial charge in [0.1, 0.15) is 17.4 Å². The molecule has 0 saturated heterocycles. The molecule has 1 aromatic carbocycles. The van der Waals surface area contributed by atoms with Crippen LogP contribution in [0.3, 0.4) is 0 Å². The van der Waals surface area contributed by atoms with Crippen LogP contribution in [-0.4, -0.2) is 22.1 Å². The van der Waals surface area contributed by atoms with Crippen molar-refractivity contribution in [1.29, 1.82) is 5.26 Å². The number of aromatic hydroxyl groups is 1. The molecule has 1 aliphatic carbocycles. The van der Waals surface area contributed by atoms with Crippen LogP contribution in [0.2, 0.25) is 5.02 Å². The summed E-state index contributed by atoms with van der Waals surface area (Å²) >= 11 is 5.82. The van der Waals surface area contributed by atoms with Crippen molar-refractivity contribution in [2.75, 3.05) is 6.61 Å². The SMILES string of the molecule is Cc1c(C(=O)COc2ccc(Cl)cc2)c(O)n(C2CCCC2)c(=O)c1C#N. The molecular weight excluding hydrogens is 368 g/mol. The van der Waals surface area contributed by atoms with Crippen molar-refractivity contribution in [3.63, 3.8) is 0 Å². The van der Waals surface area contributed by atoms with Crippen LogP contribution in [-0.2, 0) is 0 Å². The number of hydrogen-bond donors (Lipinski definition) is 1. The summed E-state index contributed by atoms with van der Waals surface area (Å²) in [5, 5.41) is 20.6. The topological polar surface area (TPSA) is 92.3 Å². The number of nitriles is 1. The van der Waals surface area contributed by atoms with Crippen molar-refractivity contribution in [1.82, 2.24) is 4.57 Å². The van der Waals surface area contributed by atoms with E-state index in [2.05, 4.69) is 0 Å². The fourth-order valence-corrected chi connectivity index (χ4v) is 3.63. The van der Waals surface area contributed by atoms with Gasteiger partial charge in [0.15, 0.2) is 6.61 Å². The van der Waals surface area contributed by atoms with Crippen molar-refractivity contribution in [3.8, 4) is 17.7 Å². The molecule has 27 heavy (non-hydrogen) atoms. The van der Waals surface area contributed by atoms with Gasteiger partial charge in [-0.3, -0.25) is 14.2 Å². The Morgan fingerprint density at radius 1 is 1.33 bits per heavy atom. The number of carbonyl (C=O) groups is 1. The molecular formula is C20H19ClN2O4. The third-order valence-electron chi connectivity index (χ3n) is 4.90. The van der Waals surface area contributed by atoms with E-state index in [0.717, 1.165) is 25.7 Å². The lowest BCUT2D eigenvalue weighted by Crippen LogP contribution is -2.29. The number of aromatic nitrogens is 1. The first kappa shape index (κ1) is 19.0. The standard InChI is InChI=1S/C20H19ClN2O4/c1-12-16(10-22)19(25)23(14-4-2-3-5-14)20(26)18(12)17(24)11-27-15-8-6-13(21)7-9-15/h6-9,14,26H,2-5,11H2,1H3. The van der Waals surface area contributed by atoms with Crippen molar-refractivity contribution in [2.45, 2.75) is 38.6 Å². The first-order valence-electron chi connectivity index (χ1n) is 8.73. The molecule has 0 unspecified atom stereocenters. The molecule has 1 saturated carbocycles. The Labute approximate surface area is 161 Å². The van der Waals surface area contributed by atoms with Gasteiger partial charge >= 0.3 is 0 Å². The number of pyridine rings is 1. The van der Waals surface area contributed by atoms with Gasteiger partial charge < -0.3 is 9.84 Å². The summed E-state index contributed by atoms with van der Waals surface area (Å²) in [5.74, 6) is -0.425. The molecule has 1 aromatic heterocycles. The highest BCUT2D eigenvalue weighted by molar-refractivity contribution is 6.30. The van der Waals surface area contributed by atoms with Crippen LogP contribution in [0.4, 0.5) is 0 Å². The van der Waals surface area contributed by atoms with E-state index < -0.39 is 11.3 Å². The van der Waals surface area contributed by atoms with Crippen molar-refractivity contribution < 1.29 is 14.6 Å². The maximum Gasteiger partial charge on any atom is 0.271 e. The first-order valence-corrected chi connectivity index (χ1v) is 9.11. The molecule has 0 atom stereocenters. The van der Waals surface area contributed by atoms with E-state index >= 15 is 0 Å². The number of halogens is 1. The van der Waals surface area contributed by atoms with E-state index in [4.69, 9.17) is 16.3 Å². The zero-order valence-electron chi connectivity index (χ0n) is 14.9. The fraction of sp³-hybridized carbons (Fsp3) is 0.350. The lowest BCUT2D eigenvalue weighted by Gasteiger charge is -2.20. The lowest BCUT2D eigenvalue weighted by molar-refractivity contribution is 0.0916. The van der Waals surface area contributed by atoms with Crippen LogP contribution in [0, 0.1) is 18.3 Å². The summed E-state index contributed by atoms with van der Waals surface area (Å²) in [4.78, 5) is 25.4. The second-order valence-corrected chi connectivity index (χ2v) is 7.03. The van der Waals surface area contributed by atoms with Crippen LogP contribution in [0.5, 0.6) is 11.6 Å². The Kier molecular flexibility index (Phi) is 5.52. The fourth-order valence-electron chi connectivity index (χ4n) is 3.51.